The molecule has 0 atom stereocenters. The van der Waals surface area contributed by atoms with Gasteiger partial charge in [-0.05, 0) is 25.7 Å². The summed E-state index contributed by atoms with van der Waals surface area (Å²) >= 11 is 0. The van der Waals surface area contributed by atoms with Gasteiger partial charge in [0.2, 0.25) is 0 Å². The average Bonchev–Trinajstić information content (AvgIpc) is 2.85. The van der Waals surface area contributed by atoms with Crippen molar-refractivity contribution in [2.24, 2.45) is 0 Å². The van der Waals surface area contributed by atoms with E-state index in [9.17, 15) is 19.8 Å². The number of hydrogen-bond acceptors (Lipinski definition) is 4. The van der Waals surface area contributed by atoms with Gasteiger partial charge in [-0.15, -0.1) is 0 Å². The fourth-order valence-corrected chi connectivity index (χ4v) is 4.57. The SMILES string of the molecule is CCCCCCCCCCCCCCCC(=O)[O-].CCCCCCCCCCCCCCCC(=O)[O-].[K+].[Li+]. The first-order valence-corrected chi connectivity index (χ1v) is 15.9. The van der Waals surface area contributed by atoms with E-state index in [4.69, 9.17) is 0 Å². The summed E-state index contributed by atoms with van der Waals surface area (Å²) in [4.78, 5) is 20.4. The summed E-state index contributed by atoms with van der Waals surface area (Å²) in [6.45, 7) is 4.51. The number of carboxylic acids is 2. The molecule has 6 heteroatoms. The third kappa shape index (κ3) is 50.1. The third-order valence-electron chi connectivity index (χ3n) is 6.97. The second kappa shape index (κ2) is 42.6. The van der Waals surface area contributed by atoms with Crippen LogP contribution in [0.4, 0.5) is 0 Å². The second-order valence-electron chi connectivity index (χ2n) is 10.7. The summed E-state index contributed by atoms with van der Waals surface area (Å²) in [5.41, 5.74) is 0. The van der Waals surface area contributed by atoms with Gasteiger partial charge in [-0.3, -0.25) is 0 Å². The van der Waals surface area contributed by atoms with E-state index in [1.807, 2.05) is 0 Å². The van der Waals surface area contributed by atoms with Crippen LogP contribution in [-0.4, -0.2) is 11.9 Å². The van der Waals surface area contributed by atoms with Crippen LogP contribution >= 0.6 is 0 Å². The van der Waals surface area contributed by atoms with Gasteiger partial charge in [-0.25, -0.2) is 0 Å². The van der Waals surface area contributed by atoms with Crippen molar-refractivity contribution < 1.29 is 90.0 Å². The first kappa shape index (κ1) is 46.1. The van der Waals surface area contributed by atoms with Crippen molar-refractivity contribution in [2.45, 2.75) is 194 Å². The largest absolute Gasteiger partial charge is 1.00 e. The number of carbonyl (C=O) groups excluding carboxylic acids is 2. The number of aliphatic carboxylic acids is 2. The van der Waals surface area contributed by atoms with Crippen molar-refractivity contribution in [3.05, 3.63) is 0 Å². The van der Waals surface area contributed by atoms with Crippen molar-refractivity contribution in [3.8, 4) is 0 Å². The van der Waals surface area contributed by atoms with Crippen LogP contribution in [0.15, 0.2) is 0 Å². The molecule has 0 N–H and O–H groups in total. The summed E-state index contributed by atoms with van der Waals surface area (Å²) < 4.78 is 0. The summed E-state index contributed by atoms with van der Waals surface area (Å²) in [7, 11) is 0. The molecule has 0 saturated carbocycles. The first-order chi connectivity index (χ1) is 17.5. The molecule has 0 saturated heterocycles. The zero-order valence-corrected chi connectivity index (χ0v) is 29.6. The number of carboxylic acid groups (broad SMARTS) is 2. The van der Waals surface area contributed by atoms with Crippen LogP contribution < -0.4 is 80.5 Å². The van der Waals surface area contributed by atoms with Gasteiger partial charge < -0.3 is 19.8 Å². The van der Waals surface area contributed by atoms with Gasteiger partial charge >= 0.3 is 70.2 Å². The Balaban J connectivity index is -0.000000289. The molecule has 0 unspecified atom stereocenters. The van der Waals surface area contributed by atoms with Crippen LogP contribution in [0.5, 0.6) is 0 Å². The van der Waals surface area contributed by atoms with E-state index >= 15 is 0 Å². The predicted molar refractivity (Wildman–Crippen MR) is 151 cm³/mol. The van der Waals surface area contributed by atoms with Crippen LogP contribution in [0.2, 0.25) is 0 Å². The summed E-state index contributed by atoms with van der Waals surface area (Å²) in [5, 5.41) is 20.4. The van der Waals surface area contributed by atoms with Gasteiger partial charge in [-0.1, -0.05) is 168 Å². The minimum atomic E-state index is -0.905. The van der Waals surface area contributed by atoms with E-state index in [0.717, 1.165) is 25.7 Å². The van der Waals surface area contributed by atoms with Crippen LogP contribution in [-0.2, 0) is 9.59 Å². The third-order valence-corrected chi connectivity index (χ3v) is 6.97. The monoisotopic (exact) mass is 556 g/mol. The normalized spacial score (nSPS) is 10.2. The van der Waals surface area contributed by atoms with Crippen LogP contribution in [0, 0.1) is 0 Å². The number of carbonyl (C=O) groups is 2. The van der Waals surface area contributed by atoms with E-state index in [1.54, 1.807) is 0 Å². The molecule has 0 radical (unpaired) electrons. The van der Waals surface area contributed by atoms with Crippen LogP contribution in [0.1, 0.15) is 194 Å². The summed E-state index contributed by atoms with van der Waals surface area (Å²) in [6.07, 6.45) is 33.9. The Bertz CT molecular complexity index is 409. The molecule has 4 nitrogen and oxygen atoms in total. The molecule has 0 aromatic heterocycles. The second-order valence-corrected chi connectivity index (χ2v) is 10.7. The minimum Gasteiger partial charge on any atom is -0.550 e. The Morgan fingerprint density at radius 1 is 0.368 bits per heavy atom. The molecular weight excluding hydrogens is 494 g/mol. The smallest absolute Gasteiger partial charge is 0.550 e. The van der Waals surface area contributed by atoms with Crippen molar-refractivity contribution in [3.63, 3.8) is 0 Å². The van der Waals surface area contributed by atoms with Gasteiger partial charge in [0.1, 0.15) is 0 Å². The number of unbranched alkanes of at least 4 members (excludes halogenated alkanes) is 24. The Morgan fingerprint density at radius 2 is 0.526 bits per heavy atom. The Kier molecular flexibility index (Phi) is 51.8. The number of rotatable bonds is 28. The molecule has 216 valence electrons. The molecule has 0 aliphatic rings. The van der Waals surface area contributed by atoms with E-state index in [-0.39, 0.29) is 83.1 Å². The maximum Gasteiger partial charge on any atom is 1.00 e. The molecule has 0 fully saturated rings. The molecular formula is C32H62KLiO4. The molecule has 0 heterocycles. The van der Waals surface area contributed by atoms with Gasteiger partial charge in [-0.2, -0.15) is 0 Å². The first-order valence-electron chi connectivity index (χ1n) is 15.9. The van der Waals surface area contributed by atoms with Gasteiger partial charge in [0.25, 0.3) is 0 Å². The maximum atomic E-state index is 10.2. The minimum absolute atomic E-state index is 0. The Morgan fingerprint density at radius 3 is 0.684 bits per heavy atom. The summed E-state index contributed by atoms with van der Waals surface area (Å²) in [6, 6.07) is 0. The molecule has 0 aliphatic carbocycles. The Labute approximate surface area is 292 Å². The molecule has 0 amide bonds. The van der Waals surface area contributed by atoms with Crippen LogP contribution in [0.25, 0.3) is 0 Å². The average molecular weight is 557 g/mol. The molecule has 38 heavy (non-hydrogen) atoms. The maximum absolute atomic E-state index is 10.2. The zero-order chi connectivity index (χ0) is 27.0. The van der Waals surface area contributed by atoms with Crippen molar-refractivity contribution >= 4 is 11.9 Å². The predicted octanol–water partition coefficient (Wildman–Crippen LogP) is 2.44. The van der Waals surface area contributed by atoms with Crippen molar-refractivity contribution in [2.75, 3.05) is 0 Å². The van der Waals surface area contributed by atoms with Gasteiger partial charge in [0.15, 0.2) is 0 Å². The quantitative estimate of drug-likeness (QED) is 0.110. The fourth-order valence-electron chi connectivity index (χ4n) is 4.57. The topological polar surface area (TPSA) is 80.3 Å². The summed E-state index contributed by atoms with van der Waals surface area (Å²) in [5.74, 6) is -1.81. The molecule has 0 aliphatic heterocycles. The van der Waals surface area contributed by atoms with E-state index in [2.05, 4.69) is 13.8 Å². The standard InChI is InChI=1S/2C16H32O2.K.Li/c2*1-2-3-4-5-6-7-8-9-10-11-12-13-14-15-16(17)18;;/h2*2-15H2,1H3,(H,17,18);;/q;;2*+1/p-2. The van der Waals surface area contributed by atoms with Gasteiger partial charge in [0, 0.05) is 11.9 Å². The van der Waals surface area contributed by atoms with Crippen molar-refractivity contribution in [1.82, 2.24) is 0 Å². The zero-order valence-electron chi connectivity index (χ0n) is 26.4. The van der Waals surface area contributed by atoms with Crippen molar-refractivity contribution in [1.29, 1.82) is 0 Å². The van der Waals surface area contributed by atoms with Crippen LogP contribution in [0.3, 0.4) is 0 Å². The number of hydrogen-bond donors (Lipinski definition) is 0. The Hall–Kier alpha value is 1.17. The molecule has 0 bridgehead atoms. The van der Waals surface area contributed by atoms with E-state index in [1.165, 1.54) is 141 Å². The van der Waals surface area contributed by atoms with Gasteiger partial charge in [0.05, 0.1) is 0 Å². The molecule has 0 rings (SSSR count). The molecule has 0 aromatic rings. The fraction of sp³-hybridized carbons (Fsp3) is 0.938. The molecule has 0 aromatic carbocycles. The van der Waals surface area contributed by atoms with E-state index in [0.29, 0.717) is 0 Å². The molecule has 0 spiro atoms. The van der Waals surface area contributed by atoms with E-state index < -0.39 is 11.9 Å².